The van der Waals surface area contributed by atoms with Gasteiger partial charge in [-0.05, 0) is 42.6 Å². The molecule has 0 radical (unpaired) electrons. The highest BCUT2D eigenvalue weighted by molar-refractivity contribution is 7.80. The van der Waals surface area contributed by atoms with Crippen LogP contribution in [-0.2, 0) is 65.5 Å². The molecule has 0 aliphatic carbocycles. The van der Waals surface area contributed by atoms with E-state index in [1.54, 1.807) is 0 Å². The summed E-state index contributed by atoms with van der Waals surface area (Å²) >= 11 is 5.70. The van der Waals surface area contributed by atoms with Crippen molar-refractivity contribution in [1.29, 1.82) is 0 Å². The number of nitrogens with one attached hydrogen (secondary N) is 1. The van der Waals surface area contributed by atoms with Crippen LogP contribution in [0.5, 0.6) is 0 Å². The average Bonchev–Trinajstić information content (AvgIpc) is 3.16. The summed E-state index contributed by atoms with van der Waals surface area (Å²) in [6.07, 6.45) is 0.503. The maximum Gasteiger partial charge on any atom is 0.303 e. The van der Waals surface area contributed by atoms with E-state index in [1.165, 1.54) is 59.8 Å². The Labute approximate surface area is 339 Å². The molecule has 3 saturated heterocycles. The third-order valence-corrected chi connectivity index (χ3v) is 10.6. The molecule has 2 N–H and O–H groups in total. The lowest BCUT2D eigenvalue weighted by Gasteiger charge is -2.44. The molecule has 0 amide bonds. The minimum atomic E-state index is -1.26. The molecule has 3 aliphatic rings. The minimum absolute atomic E-state index is 0.0169. The third-order valence-electron chi connectivity index (χ3n) is 10.2. The van der Waals surface area contributed by atoms with Crippen LogP contribution in [0.1, 0.15) is 107 Å². The van der Waals surface area contributed by atoms with Crippen LogP contribution >= 0.6 is 12.2 Å². The number of esters is 4. The predicted octanol–water partition coefficient (Wildman–Crippen LogP) is 4.92. The fourth-order valence-corrected chi connectivity index (χ4v) is 7.78. The van der Waals surface area contributed by atoms with E-state index in [1.807, 2.05) is 48.5 Å². The standard InChI is InChI=1S/C42H56N2O12S/c1-26(46)50-25-37-40(52-28(3)48)41(53-29(4)49)39(51-27(2)47)36(55-37)21-38(57)43-22-30-10-16-33(17-11-30)42-54-34(23-44-18-8-6-5-7-9-19-44)20-35(56-42)32-14-12-31(24-45)13-15-32/h10-17,34-37,39-42,45H,5-9,18-25H2,1-4H3,(H,43,57)/t34-,35+,36-,37+,39-,40+,41+,42?/m0/s1. The van der Waals surface area contributed by atoms with Crippen molar-refractivity contribution in [3.05, 3.63) is 70.8 Å². The second kappa shape index (κ2) is 21.7. The molecule has 1 unspecified atom stereocenters. The van der Waals surface area contributed by atoms with Crippen molar-refractivity contribution >= 4 is 41.1 Å². The molecule has 0 spiro atoms. The number of likely N-dealkylation sites (tertiary alicyclic amines) is 1. The van der Waals surface area contributed by atoms with E-state index < -0.39 is 60.7 Å². The van der Waals surface area contributed by atoms with Crippen LogP contribution in [0.4, 0.5) is 0 Å². The predicted molar refractivity (Wildman–Crippen MR) is 210 cm³/mol. The summed E-state index contributed by atoms with van der Waals surface area (Å²) in [5.41, 5.74) is 3.70. The fourth-order valence-electron chi connectivity index (χ4n) is 7.55. The van der Waals surface area contributed by atoms with E-state index in [2.05, 4.69) is 10.2 Å². The second-order valence-electron chi connectivity index (χ2n) is 14.9. The molecule has 312 valence electrons. The summed E-state index contributed by atoms with van der Waals surface area (Å²) in [5, 5.41) is 12.8. The first-order valence-corrected chi connectivity index (χ1v) is 20.2. The highest BCUT2D eigenvalue weighted by atomic mass is 32.1. The highest BCUT2D eigenvalue weighted by Gasteiger charge is 2.52. The summed E-state index contributed by atoms with van der Waals surface area (Å²) in [5.74, 6) is -2.67. The van der Waals surface area contributed by atoms with Gasteiger partial charge in [-0.25, -0.2) is 0 Å². The number of hydrogen-bond donors (Lipinski definition) is 2. The molecular formula is C42H56N2O12S. The molecule has 0 bridgehead atoms. The molecule has 8 atom stereocenters. The van der Waals surface area contributed by atoms with Crippen LogP contribution in [0.2, 0.25) is 0 Å². The zero-order chi connectivity index (χ0) is 40.9. The highest BCUT2D eigenvalue weighted by Crippen LogP contribution is 2.38. The number of ether oxygens (including phenoxy) is 7. The fraction of sp³-hybridized carbons (Fsp3) is 0.595. The Morgan fingerprint density at radius 3 is 1.88 bits per heavy atom. The van der Waals surface area contributed by atoms with Crippen molar-refractivity contribution in [1.82, 2.24) is 10.2 Å². The van der Waals surface area contributed by atoms with E-state index >= 15 is 0 Å². The quantitative estimate of drug-likeness (QED) is 0.150. The summed E-state index contributed by atoms with van der Waals surface area (Å²) in [6, 6.07) is 15.8. The van der Waals surface area contributed by atoms with Crippen molar-refractivity contribution in [2.24, 2.45) is 0 Å². The van der Waals surface area contributed by atoms with Gasteiger partial charge in [0.15, 0.2) is 24.6 Å². The van der Waals surface area contributed by atoms with Gasteiger partial charge >= 0.3 is 23.9 Å². The van der Waals surface area contributed by atoms with E-state index in [9.17, 15) is 24.3 Å². The monoisotopic (exact) mass is 812 g/mol. The van der Waals surface area contributed by atoms with Crippen LogP contribution in [0, 0.1) is 0 Å². The topological polar surface area (TPSA) is 168 Å². The number of thiocarbonyl (C=S) groups is 1. The molecule has 15 heteroatoms. The maximum absolute atomic E-state index is 12.2. The van der Waals surface area contributed by atoms with Gasteiger partial charge in [0.05, 0.1) is 23.8 Å². The van der Waals surface area contributed by atoms with E-state index in [0.29, 0.717) is 11.5 Å². The number of carbonyl (C=O) groups excluding carboxylic acids is 4. The molecule has 57 heavy (non-hydrogen) atoms. The van der Waals surface area contributed by atoms with Gasteiger partial charge in [0, 0.05) is 59.2 Å². The minimum Gasteiger partial charge on any atom is -0.463 e. The molecule has 3 heterocycles. The lowest BCUT2D eigenvalue weighted by molar-refractivity contribution is -0.253. The molecule has 2 aromatic rings. The van der Waals surface area contributed by atoms with Crippen LogP contribution in [0.15, 0.2) is 48.5 Å². The van der Waals surface area contributed by atoms with E-state index in [0.717, 1.165) is 48.3 Å². The van der Waals surface area contributed by atoms with Crippen LogP contribution in [0.25, 0.3) is 0 Å². The number of benzene rings is 2. The Kier molecular flexibility index (Phi) is 16.8. The number of nitrogens with zero attached hydrogens (tertiary/aromatic N) is 1. The lowest BCUT2D eigenvalue weighted by Crippen LogP contribution is -2.62. The Bertz CT molecular complexity index is 1650. The third kappa shape index (κ3) is 13.5. The average molecular weight is 813 g/mol. The lowest BCUT2D eigenvalue weighted by atomic mass is 9.92. The Balaban J connectivity index is 1.26. The van der Waals surface area contributed by atoms with Gasteiger partial charge in [0.2, 0.25) is 0 Å². The molecule has 0 aromatic heterocycles. The van der Waals surface area contributed by atoms with Gasteiger partial charge in [-0.3, -0.25) is 19.2 Å². The van der Waals surface area contributed by atoms with Gasteiger partial charge in [0.1, 0.15) is 18.8 Å². The van der Waals surface area contributed by atoms with Crippen molar-refractivity contribution in [3.8, 4) is 0 Å². The summed E-state index contributed by atoms with van der Waals surface area (Å²) in [4.78, 5) is 51.0. The molecule has 14 nitrogen and oxygen atoms in total. The van der Waals surface area contributed by atoms with Crippen LogP contribution < -0.4 is 5.32 Å². The van der Waals surface area contributed by atoms with Gasteiger partial charge in [-0.1, -0.05) is 80.0 Å². The molecule has 2 aromatic carbocycles. The Morgan fingerprint density at radius 2 is 1.28 bits per heavy atom. The van der Waals surface area contributed by atoms with Gasteiger partial charge < -0.3 is 48.5 Å². The second-order valence-corrected chi connectivity index (χ2v) is 15.4. The maximum atomic E-state index is 12.2. The van der Waals surface area contributed by atoms with Gasteiger partial charge in [-0.2, -0.15) is 0 Å². The molecule has 0 saturated carbocycles. The van der Waals surface area contributed by atoms with Crippen molar-refractivity contribution in [2.75, 3.05) is 26.2 Å². The first-order valence-electron chi connectivity index (χ1n) is 19.8. The first-order chi connectivity index (χ1) is 27.4. The van der Waals surface area contributed by atoms with Gasteiger partial charge in [0.25, 0.3) is 0 Å². The van der Waals surface area contributed by atoms with Gasteiger partial charge in [-0.15, -0.1) is 0 Å². The Hall–Kier alpha value is -3.99. The SMILES string of the molecule is CC(=O)OC[C@H]1O[C@@H](CC(=S)NCc2ccc(C3O[C@H](CN4CCCCCCC4)C[C@H](c4ccc(CO)cc4)O3)cc2)[C@H](OC(C)=O)[C@@H](OC(C)=O)[C@@H]1OC(C)=O. The first kappa shape index (κ1) is 44.1. The molecule has 3 fully saturated rings. The zero-order valence-electron chi connectivity index (χ0n) is 33.2. The number of hydrogen-bond acceptors (Lipinski definition) is 14. The van der Waals surface area contributed by atoms with E-state index in [-0.39, 0.29) is 31.8 Å². The normalized spacial score (nSPS) is 26.9. The number of aliphatic hydroxyl groups is 1. The number of rotatable bonds is 14. The molecule has 5 rings (SSSR count). The van der Waals surface area contributed by atoms with Crippen molar-refractivity contribution < 1.29 is 57.4 Å². The van der Waals surface area contributed by atoms with Crippen LogP contribution in [0.3, 0.4) is 0 Å². The van der Waals surface area contributed by atoms with Crippen molar-refractivity contribution in [2.45, 2.75) is 135 Å². The summed E-state index contributed by atoms with van der Waals surface area (Å²) < 4.78 is 41.2. The summed E-state index contributed by atoms with van der Waals surface area (Å²) in [6.45, 7) is 7.77. The smallest absolute Gasteiger partial charge is 0.303 e. The molecule has 3 aliphatic heterocycles. The van der Waals surface area contributed by atoms with Crippen LogP contribution in [-0.4, -0.2) is 102 Å². The zero-order valence-corrected chi connectivity index (χ0v) is 34.0. The van der Waals surface area contributed by atoms with Crippen molar-refractivity contribution in [3.63, 3.8) is 0 Å². The summed E-state index contributed by atoms with van der Waals surface area (Å²) in [7, 11) is 0. The largest absolute Gasteiger partial charge is 0.463 e. The Morgan fingerprint density at radius 1 is 0.719 bits per heavy atom. The molecular weight excluding hydrogens is 757 g/mol. The van der Waals surface area contributed by atoms with E-state index in [4.69, 9.17) is 45.4 Å². The number of carbonyl (C=O) groups is 4. The number of aliphatic hydroxyl groups excluding tert-OH is 1.